The molecule has 1 amide bonds. The fraction of sp³-hybridized carbons (Fsp3) is 0.364. The minimum absolute atomic E-state index is 0.139. The molecule has 0 bridgehead atoms. The molecule has 0 unspecified atom stereocenters. The third-order valence-electron chi connectivity index (χ3n) is 4.77. The number of nitrogens with zero attached hydrogens (tertiary/aromatic N) is 3. The molecule has 0 saturated carbocycles. The van der Waals surface area contributed by atoms with Crippen molar-refractivity contribution >= 4 is 5.91 Å². The third-order valence-corrected chi connectivity index (χ3v) is 4.77. The Labute approximate surface area is 160 Å². The maximum absolute atomic E-state index is 11.8. The first-order valence-corrected chi connectivity index (χ1v) is 9.21. The van der Waals surface area contributed by atoms with Crippen LogP contribution in [0.4, 0.5) is 0 Å². The molecule has 0 N–H and O–H groups in total. The average Bonchev–Trinajstić information content (AvgIpc) is 2.87. The number of ether oxygens (including phenoxy) is 1. The van der Waals surface area contributed by atoms with Gasteiger partial charge in [-0.25, -0.2) is 0 Å². The van der Waals surface area contributed by atoms with Crippen molar-refractivity contribution in [3.05, 3.63) is 64.7 Å². The highest BCUT2D eigenvalue weighted by Gasteiger charge is 2.16. The standard InChI is InChI=1S/C22H25N3O2/c1-24(2)22(26)9-7-17-6-8-21-20(13-17)16-25(10-11-27-21)15-19-5-3-4-18(12-19)14-23/h3-6,8,12-13H,7,9-11,15-16H2,1-2H3. The van der Waals surface area contributed by atoms with E-state index < -0.39 is 0 Å². The van der Waals surface area contributed by atoms with E-state index in [-0.39, 0.29) is 5.91 Å². The lowest BCUT2D eigenvalue weighted by Gasteiger charge is -2.19. The predicted molar refractivity (Wildman–Crippen MR) is 104 cm³/mol. The molecule has 2 aromatic carbocycles. The summed E-state index contributed by atoms with van der Waals surface area (Å²) in [5, 5.41) is 9.09. The van der Waals surface area contributed by atoms with Gasteiger partial charge in [-0.3, -0.25) is 9.69 Å². The molecule has 5 nitrogen and oxygen atoms in total. The lowest BCUT2D eigenvalue weighted by molar-refractivity contribution is -0.128. The first-order chi connectivity index (χ1) is 13.0. The number of nitriles is 1. The topological polar surface area (TPSA) is 56.6 Å². The van der Waals surface area contributed by atoms with Crippen molar-refractivity contribution in [2.45, 2.75) is 25.9 Å². The third kappa shape index (κ3) is 5.08. The van der Waals surface area contributed by atoms with Gasteiger partial charge in [-0.05, 0) is 35.7 Å². The molecule has 1 heterocycles. The van der Waals surface area contributed by atoms with Crippen LogP contribution in [0.1, 0.15) is 28.7 Å². The maximum atomic E-state index is 11.8. The van der Waals surface area contributed by atoms with Crippen molar-refractivity contribution in [1.29, 1.82) is 5.26 Å². The second-order valence-corrected chi connectivity index (χ2v) is 7.10. The molecule has 0 atom stereocenters. The van der Waals surface area contributed by atoms with Gasteiger partial charge in [0.1, 0.15) is 12.4 Å². The molecule has 1 aliphatic rings. The van der Waals surface area contributed by atoms with Gasteiger partial charge in [-0.15, -0.1) is 0 Å². The number of hydrogen-bond acceptors (Lipinski definition) is 4. The van der Waals surface area contributed by atoms with Crippen LogP contribution in [0, 0.1) is 11.3 Å². The molecular weight excluding hydrogens is 338 g/mol. The van der Waals surface area contributed by atoms with Crippen molar-refractivity contribution < 1.29 is 9.53 Å². The fourth-order valence-electron chi connectivity index (χ4n) is 3.26. The zero-order valence-corrected chi connectivity index (χ0v) is 15.9. The van der Waals surface area contributed by atoms with E-state index in [1.165, 1.54) is 0 Å². The van der Waals surface area contributed by atoms with E-state index in [0.29, 0.717) is 18.6 Å². The quantitative estimate of drug-likeness (QED) is 0.819. The van der Waals surface area contributed by atoms with Gasteiger partial charge >= 0.3 is 0 Å². The van der Waals surface area contributed by atoms with Crippen molar-refractivity contribution in [3.63, 3.8) is 0 Å². The Morgan fingerprint density at radius 2 is 2.07 bits per heavy atom. The average molecular weight is 363 g/mol. The van der Waals surface area contributed by atoms with Crippen LogP contribution >= 0.6 is 0 Å². The van der Waals surface area contributed by atoms with Crippen LogP contribution in [0.3, 0.4) is 0 Å². The van der Waals surface area contributed by atoms with Gasteiger partial charge in [0.05, 0.1) is 11.6 Å². The van der Waals surface area contributed by atoms with E-state index in [4.69, 9.17) is 10.00 Å². The Morgan fingerprint density at radius 3 is 2.85 bits per heavy atom. The molecule has 3 rings (SSSR count). The highest BCUT2D eigenvalue weighted by molar-refractivity contribution is 5.75. The molecule has 140 valence electrons. The normalized spacial score (nSPS) is 13.8. The van der Waals surface area contributed by atoms with Crippen molar-refractivity contribution in [2.75, 3.05) is 27.2 Å². The van der Waals surface area contributed by atoms with Crippen LogP contribution in [0.5, 0.6) is 5.75 Å². The van der Waals surface area contributed by atoms with Crippen LogP contribution < -0.4 is 4.74 Å². The Bertz CT molecular complexity index is 855. The molecule has 0 aliphatic carbocycles. The Balaban J connectivity index is 1.70. The molecule has 0 saturated heterocycles. The molecular formula is C22H25N3O2. The molecule has 0 aromatic heterocycles. The maximum Gasteiger partial charge on any atom is 0.222 e. The second kappa shape index (κ2) is 8.70. The Morgan fingerprint density at radius 1 is 1.22 bits per heavy atom. The second-order valence-electron chi connectivity index (χ2n) is 7.10. The molecule has 0 spiro atoms. The molecule has 27 heavy (non-hydrogen) atoms. The van der Waals surface area contributed by atoms with Gasteiger partial charge in [0.25, 0.3) is 0 Å². The summed E-state index contributed by atoms with van der Waals surface area (Å²) >= 11 is 0. The first-order valence-electron chi connectivity index (χ1n) is 9.21. The summed E-state index contributed by atoms with van der Waals surface area (Å²) in [5.41, 5.74) is 4.12. The van der Waals surface area contributed by atoms with Gasteiger partial charge in [-0.2, -0.15) is 5.26 Å². The van der Waals surface area contributed by atoms with Crippen LogP contribution in [-0.4, -0.2) is 43.0 Å². The first kappa shape index (κ1) is 18.9. The number of amides is 1. The van der Waals surface area contributed by atoms with Crippen LogP contribution in [0.2, 0.25) is 0 Å². The highest BCUT2D eigenvalue weighted by Crippen LogP contribution is 2.26. The summed E-state index contributed by atoms with van der Waals surface area (Å²) in [6.07, 6.45) is 1.24. The molecule has 1 aliphatic heterocycles. The number of rotatable bonds is 5. The fourth-order valence-corrected chi connectivity index (χ4v) is 3.26. The molecule has 0 fully saturated rings. The number of carbonyl (C=O) groups excluding carboxylic acids is 1. The van der Waals surface area contributed by atoms with Gasteiger partial charge in [-0.1, -0.05) is 24.3 Å². The summed E-state index contributed by atoms with van der Waals surface area (Å²) in [5.74, 6) is 1.06. The van der Waals surface area contributed by atoms with E-state index in [9.17, 15) is 4.79 Å². The van der Waals surface area contributed by atoms with Crippen LogP contribution in [0.15, 0.2) is 42.5 Å². The van der Waals surface area contributed by atoms with Crippen molar-refractivity contribution in [2.24, 2.45) is 0 Å². The SMILES string of the molecule is CN(C)C(=O)CCc1ccc2c(c1)CN(Cc1cccc(C#N)c1)CCO2. The largest absolute Gasteiger partial charge is 0.492 e. The van der Waals surface area contributed by atoms with Gasteiger partial charge in [0.15, 0.2) is 0 Å². The molecule has 2 aromatic rings. The Hall–Kier alpha value is -2.84. The number of carbonyl (C=O) groups is 1. The highest BCUT2D eigenvalue weighted by atomic mass is 16.5. The van der Waals surface area contributed by atoms with E-state index in [2.05, 4.69) is 23.1 Å². The van der Waals surface area contributed by atoms with Crippen molar-refractivity contribution in [3.8, 4) is 11.8 Å². The minimum Gasteiger partial charge on any atom is -0.492 e. The number of hydrogen-bond donors (Lipinski definition) is 0. The minimum atomic E-state index is 0.139. The van der Waals surface area contributed by atoms with Gasteiger partial charge < -0.3 is 9.64 Å². The summed E-state index contributed by atoms with van der Waals surface area (Å²) in [6, 6.07) is 16.2. The summed E-state index contributed by atoms with van der Waals surface area (Å²) < 4.78 is 5.91. The van der Waals surface area contributed by atoms with E-state index in [1.54, 1.807) is 19.0 Å². The lowest BCUT2D eigenvalue weighted by atomic mass is 10.0. The summed E-state index contributed by atoms with van der Waals surface area (Å²) in [6.45, 7) is 3.05. The molecule has 0 radical (unpaired) electrons. The van der Waals surface area contributed by atoms with E-state index >= 15 is 0 Å². The van der Waals surface area contributed by atoms with Gasteiger partial charge in [0, 0.05) is 45.7 Å². The van der Waals surface area contributed by atoms with Crippen molar-refractivity contribution in [1.82, 2.24) is 9.80 Å². The molecule has 5 heteroatoms. The summed E-state index contributed by atoms with van der Waals surface area (Å²) in [4.78, 5) is 15.8. The van der Waals surface area contributed by atoms with E-state index in [0.717, 1.165) is 48.5 Å². The zero-order valence-electron chi connectivity index (χ0n) is 15.9. The number of benzene rings is 2. The van der Waals surface area contributed by atoms with Gasteiger partial charge in [0.2, 0.25) is 5.91 Å². The number of aryl methyl sites for hydroxylation is 1. The predicted octanol–water partition coefficient (Wildman–Crippen LogP) is 2.97. The van der Waals surface area contributed by atoms with Crippen LogP contribution in [0.25, 0.3) is 0 Å². The van der Waals surface area contributed by atoms with E-state index in [1.807, 2.05) is 30.3 Å². The zero-order chi connectivity index (χ0) is 19.2. The summed E-state index contributed by atoms with van der Waals surface area (Å²) in [7, 11) is 3.57. The Kier molecular flexibility index (Phi) is 6.10. The smallest absolute Gasteiger partial charge is 0.222 e. The monoisotopic (exact) mass is 363 g/mol. The number of fused-ring (bicyclic) bond motifs is 1. The lowest BCUT2D eigenvalue weighted by Crippen LogP contribution is -2.25. The van der Waals surface area contributed by atoms with Crippen LogP contribution in [-0.2, 0) is 24.3 Å².